The number of ether oxygens (including phenoxy) is 1. The summed E-state index contributed by atoms with van der Waals surface area (Å²) in [6.45, 7) is -1.36. The standard InChI is InChI=1S/C15H15BF3O.K/c1-11-3-6-13(7-4-11)10-20-15-8-5-12(2)9-14(15)16(17,18)19;/h3-9H,10H2,1-2H3;/q-1;+1. The molecule has 0 radical (unpaired) electrons. The second-order valence-corrected chi connectivity index (χ2v) is 4.89. The van der Waals surface area contributed by atoms with Crippen molar-refractivity contribution >= 4 is 12.4 Å². The Hall–Kier alpha value is -0.269. The minimum Gasteiger partial charge on any atom is -0.492 e. The third-order valence-electron chi connectivity index (χ3n) is 3.03. The van der Waals surface area contributed by atoms with Gasteiger partial charge in [0, 0.05) is 0 Å². The molecule has 0 unspecified atom stereocenters. The van der Waals surface area contributed by atoms with Gasteiger partial charge in [-0.1, -0.05) is 53.0 Å². The number of hydrogen-bond donors (Lipinski definition) is 0. The third kappa shape index (κ3) is 5.45. The normalized spacial score (nSPS) is 10.9. The van der Waals surface area contributed by atoms with Crippen LogP contribution in [-0.4, -0.2) is 6.98 Å². The van der Waals surface area contributed by atoms with E-state index in [9.17, 15) is 12.9 Å². The van der Waals surface area contributed by atoms with Gasteiger partial charge in [0.05, 0.1) is 5.75 Å². The molecule has 0 bridgehead atoms. The van der Waals surface area contributed by atoms with Gasteiger partial charge in [-0.05, 0) is 25.5 Å². The molecule has 0 fully saturated rings. The van der Waals surface area contributed by atoms with E-state index in [4.69, 9.17) is 4.74 Å². The summed E-state index contributed by atoms with van der Waals surface area (Å²) in [6, 6.07) is 11.6. The molecule has 2 aromatic carbocycles. The maximum atomic E-state index is 13.0. The van der Waals surface area contributed by atoms with Crippen LogP contribution in [0, 0.1) is 13.8 Å². The van der Waals surface area contributed by atoms with E-state index in [1.165, 1.54) is 6.07 Å². The Morgan fingerprint density at radius 2 is 1.48 bits per heavy atom. The molecular weight excluding hydrogens is 303 g/mol. The zero-order chi connectivity index (χ0) is 14.8. The van der Waals surface area contributed by atoms with Crippen LogP contribution in [0.15, 0.2) is 42.5 Å². The Kier molecular flexibility index (Phi) is 7.00. The van der Waals surface area contributed by atoms with Gasteiger partial charge >= 0.3 is 58.4 Å². The molecule has 0 aliphatic heterocycles. The second kappa shape index (κ2) is 7.83. The number of hydrogen-bond acceptors (Lipinski definition) is 1. The van der Waals surface area contributed by atoms with Crippen molar-refractivity contribution in [2.45, 2.75) is 20.5 Å². The van der Waals surface area contributed by atoms with Crippen LogP contribution in [0.4, 0.5) is 12.9 Å². The minimum absolute atomic E-state index is 0. The fraction of sp³-hybridized carbons (Fsp3) is 0.200. The van der Waals surface area contributed by atoms with Crippen molar-refractivity contribution in [2.24, 2.45) is 0 Å². The SMILES string of the molecule is Cc1ccc(COc2ccc(C)cc2[B-](F)(F)F)cc1.[K+]. The number of rotatable bonds is 4. The van der Waals surface area contributed by atoms with E-state index < -0.39 is 12.4 Å². The van der Waals surface area contributed by atoms with E-state index >= 15 is 0 Å². The first kappa shape index (κ1) is 18.8. The van der Waals surface area contributed by atoms with Gasteiger partial charge in [0.1, 0.15) is 6.61 Å². The predicted octanol–water partition coefficient (Wildman–Crippen LogP) is 0.941. The van der Waals surface area contributed by atoms with Crippen LogP contribution in [0.25, 0.3) is 0 Å². The Morgan fingerprint density at radius 1 is 0.905 bits per heavy atom. The molecule has 0 spiro atoms. The average molecular weight is 318 g/mol. The minimum atomic E-state index is -5.07. The number of aryl methyl sites for hydroxylation is 2. The molecular formula is C15H15BF3KO. The van der Waals surface area contributed by atoms with Crippen LogP contribution in [0.3, 0.4) is 0 Å². The maximum absolute atomic E-state index is 13.0. The van der Waals surface area contributed by atoms with Crippen molar-refractivity contribution in [3.05, 3.63) is 59.2 Å². The summed E-state index contributed by atoms with van der Waals surface area (Å²) in [5, 5.41) is 0. The molecule has 0 aliphatic carbocycles. The summed E-state index contributed by atoms with van der Waals surface area (Å²) < 4.78 is 44.3. The van der Waals surface area contributed by atoms with Gasteiger partial charge in [0.25, 0.3) is 0 Å². The molecule has 21 heavy (non-hydrogen) atoms. The molecule has 2 rings (SSSR count). The molecule has 106 valence electrons. The molecule has 1 nitrogen and oxygen atoms in total. The maximum Gasteiger partial charge on any atom is 1.00 e. The Labute approximate surface area is 165 Å². The molecule has 0 atom stereocenters. The summed E-state index contributed by atoms with van der Waals surface area (Å²) in [4.78, 5) is 0. The fourth-order valence-electron chi connectivity index (χ4n) is 1.90. The number of benzene rings is 2. The molecule has 0 aromatic heterocycles. The molecule has 0 heterocycles. The van der Waals surface area contributed by atoms with E-state index in [0.29, 0.717) is 5.56 Å². The summed E-state index contributed by atoms with van der Waals surface area (Å²) in [6.07, 6.45) is 0. The Balaban J connectivity index is 0.00000220. The molecule has 0 aliphatic rings. The van der Waals surface area contributed by atoms with Crippen molar-refractivity contribution in [3.8, 4) is 5.75 Å². The topological polar surface area (TPSA) is 9.23 Å². The molecule has 2 aromatic rings. The largest absolute Gasteiger partial charge is 1.00 e. The fourth-order valence-corrected chi connectivity index (χ4v) is 1.90. The molecule has 0 saturated heterocycles. The zero-order valence-corrected chi connectivity index (χ0v) is 15.5. The van der Waals surface area contributed by atoms with Gasteiger partial charge in [-0.15, -0.1) is 0 Å². The summed E-state index contributed by atoms with van der Waals surface area (Å²) in [7, 11) is 0. The van der Waals surface area contributed by atoms with Crippen LogP contribution in [-0.2, 0) is 6.61 Å². The van der Waals surface area contributed by atoms with Crippen molar-refractivity contribution in [1.29, 1.82) is 0 Å². The predicted molar refractivity (Wildman–Crippen MR) is 75.4 cm³/mol. The van der Waals surface area contributed by atoms with Crippen LogP contribution < -0.4 is 61.6 Å². The van der Waals surface area contributed by atoms with Crippen molar-refractivity contribution < 1.29 is 69.1 Å². The van der Waals surface area contributed by atoms with E-state index in [1.807, 2.05) is 31.2 Å². The van der Waals surface area contributed by atoms with E-state index in [-0.39, 0.29) is 63.7 Å². The average Bonchev–Trinajstić information content (AvgIpc) is 2.38. The summed E-state index contributed by atoms with van der Waals surface area (Å²) in [5.41, 5.74) is 1.85. The molecule has 0 saturated carbocycles. The van der Waals surface area contributed by atoms with Gasteiger partial charge in [0.15, 0.2) is 0 Å². The second-order valence-electron chi connectivity index (χ2n) is 4.89. The Bertz CT molecular complexity index is 597. The van der Waals surface area contributed by atoms with Crippen molar-refractivity contribution in [3.63, 3.8) is 0 Å². The first-order chi connectivity index (χ1) is 9.36. The van der Waals surface area contributed by atoms with E-state index in [0.717, 1.165) is 17.2 Å². The van der Waals surface area contributed by atoms with Crippen LogP contribution in [0.2, 0.25) is 0 Å². The van der Waals surface area contributed by atoms with Crippen molar-refractivity contribution in [2.75, 3.05) is 0 Å². The Morgan fingerprint density at radius 3 is 2.05 bits per heavy atom. The van der Waals surface area contributed by atoms with E-state index in [1.54, 1.807) is 13.0 Å². The smallest absolute Gasteiger partial charge is 0.492 e. The van der Waals surface area contributed by atoms with Crippen LogP contribution in [0.1, 0.15) is 16.7 Å². The van der Waals surface area contributed by atoms with Gasteiger partial charge in [-0.25, -0.2) is 0 Å². The first-order valence-electron chi connectivity index (χ1n) is 6.35. The van der Waals surface area contributed by atoms with Gasteiger partial charge in [-0.3, -0.25) is 0 Å². The first-order valence-corrected chi connectivity index (χ1v) is 6.35. The quantitative estimate of drug-likeness (QED) is 0.763. The monoisotopic (exact) mass is 318 g/mol. The van der Waals surface area contributed by atoms with Gasteiger partial charge in [-0.2, -0.15) is 0 Å². The third-order valence-corrected chi connectivity index (χ3v) is 3.03. The van der Waals surface area contributed by atoms with Crippen LogP contribution in [0.5, 0.6) is 5.75 Å². The molecule has 0 N–H and O–H groups in total. The van der Waals surface area contributed by atoms with Crippen molar-refractivity contribution in [1.82, 2.24) is 0 Å². The number of halogens is 3. The zero-order valence-electron chi connectivity index (χ0n) is 12.4. The summed E-state index contributed by atoms with van der Waals surface area (Å²) in [5.74, 6) is -0.108. The van der Waals surface area contributed by atoms with Gasteiger partial charge in [0.2, 0.25) is 0 Å². The van der Waals surface area contributed by atoms with E-state index in [2.05, 4.69) is 0 Å². The molecule has 6 heteroatoms. The molecule has 0 amide bonds. The van der Waals surface area contributed by atoms with Crippen LogP contribution >= 0.6 is 0 Å². The van der Waals surface area contributed by atoms with Gasteiger partial charge < -0.3 is 17.7 Å². The summed E-state index contributed by atoms with van der Waals surface area (Å²) >= 11 is 0.